The van der Waals surface area contributed by atoms with Crippen LogP contribution in [0.25, 0.3) is 16.8 Å². The van der Waals surface area contributed by atoms with Gasteiger partial charge < -0.3 is 10.1 Å². The Morgan fingerprint density at radius 1 is 1.04 bits per heavy atom. The highest BCUT2D eigenvalue weighted by Crippen LogP contribution is 2.19. The van der Waals surface area contributed by atoms with Crippen LogP contribution in [0.1, 0.15) is 18.9 Å². The van der Waals surface area contributed by atoms with Crippen molar-refractivity contribution >= 4 is 45.8 Å². The molecule has 4 nitrogen and oxygen atoms in total. The molecule has 0 radical (unpaired) electrons. The Balaban J connectivity index is 1.56. The van der Waals surface area contributed by atoms with E-state index in [4.69, 9.17) is 17.0 Å². The Morgan fingerprint density at radius 2 is 1.79 bits per heavy atom. The molecule has 0 saturated heterocycles. The zero-order chi connectivity index (χ0) is 19.8. The van der Waals surface area contributed by atoms with Crippen molar-refractivity contribution in [3.8, 4) is 5.75 Å². The standard InChI is InChI=1S/C23H22N2O2S/c1-2-16-27-20-13-11-19(12-14-20)24-23(28)25-22(26)15-10-18-8-5-7-17-6-3-4-9-21(17)18/h3-15H,2,16H2,1H3,(H2,24,25,26,28)/b15-10+. The molecule has 0 heterocycles. The molecule has 0 atom stereocenters. The van der Waals surface area contributed by atoms with E-state index in [2.05, 4.69) is 17.6 Å². The lowest BCUT2D eigenvalue weighted by molar-refractivity contribution is -0.115. The molecule has 0 fully saturated rings. The number of carbonyl (C=O) groups is 1. The molecule has 0 unspecified atom stereocenters. The van der Waals surface area contributed by atoms with E-state index in [-0.39, 0.29) is 11.0 Å². The summed E-state index contributed by atoms with van der Waals surface area (Å²) in [5, 5.41) is 8.13. The van der Waals surface area contributed by atoms with Crippen molar-refractivity contribution in [2.24, 2.45) is 0 Å². The molecule has 1 amide bonds. The van der Waals surface area contributed by atoms with Gasteiger partial charge in [0.2, 0.25) is 5.91 Å². The van der Waals surface area contributed by atoms with Crippen molar-refractivity contribution in [2.45, 2.75) is 13.3 Å². The molecule has 0 saturated carbocycles. The molecule has 0 bridgehead atoms. The average Bonchev–Trinajstić information content (AvgIpc) is 2.71. The van der Waals surface area contributed by atoms with Crippen molar-refractivity contribution in [3.63, 3.8) is 0 Å². The number of benzene rings is 3. The van der Waals surface area contributed by atoms with Gasteiger partial charge in [0.15, 0.2) is 5.11 Å². The van der Waals surface area contributed by atoms with E-state index < -0.39 is 0 Å². The van der Waals surface area contributed by atoms with Gasteiger partial charge in [0.1, 0.15) is 5.75 Å². The normalized spacial score (nSPS) is 10.8. The Hall–Kier alpha value is -3.18. The van der Waals surface area contributed by atoms with E-state index in [1.54, 1.807) is 6.08 Å². The van der Waals surface area contributed by atoms with Crippen LogP contribution in [-0.2, 0) is 4.79 Å². The molecule has 3 aromatic rings. The van der Waals surface area contributed by atoms with Crippen LogP contribution < -0.4 is 15.4 Å². The lowest BCUT2D eigenvalue weighted by Gasteiger charge is -2.09. The molecule has 3 aromatic carbocycles. The molecule has 0 aromatic heterocycles. The minimum Gasteiger partial charge on any atom is -0.494 e. The van der Waals surface area contributed by atoms with Crippen LogP contribution in [0.15, 0.2) is 72.8 Å². The van der Waals surface area contributed by atoms with Crippen molar-refractivity contribution < 1.29 is 9.53 Å². The number of thiocarbonyl (C=S) groups is 1. The molecule has 142 valence electrons. The summed E-state index contributed by atoms with van der Waals surface area (Å²) < 4.78 is 5.54. The first-order valence-electron chi connectivity index (χ1n) is 9.16. The van der Waals surface area contributed by atoms with Crippen molar-refractivity contribution in [3.05, 3.63) is 78.4 Å². The number of rotatable bonds is 6. The van der Waals surface area contributed by atoms with Crippen LogP contribution in [0.3, 0.4) is 0 Å². The fourth-order valence-electron chi connectivity index (χ4n) is 2.73. The molecular formula is C23H22N2O2S. The van der Waals surface area contributed by atoms with Crippen LogP contribution in [0.4, 0.5) is 5.69 Å². The largest absolute Gasteiger partial charge is 0.494 e. The lowest BCUT2D eigenvalue weighted by atomic mass is 10.0. The van der Waals surface area contributed by atoms with Gasteiger partial charge in [-0.1, -0.05) is 49.4 Å². The second-order valence-electron chi connectivity index (χ2n) is 6.22. The van der Waals surface area contributed by atoms with E-state index in [1.165, 1.54) is 6.08 Å². The molecule has 0 aliphatic carbocycles. The summed E-state index contributed by atoms with van der Waals surface area (Å²) in [6.45, 7) is 2.75. The van der Waals surface area contributed by atoms with E-state index in [0.29, 0.717) is 6.61 Å². The summed E-state index contributed by atoms with van der Waals surface area (Å²) in [4.78, 5) is 12.2. The third-order valence-corrected chi connectivity index (χ3v) is 4.26. The fraction of sp³-hybridized carbons (Fsp3) is 0.130. The number of amides is 1. The molecule has 0 spiro atoms. The number of ether oxygens (including phenoxy) is 1. The molecule has 0 aliphatic heterocycles. The van der Waals surface area contributed by atoms with E-state index in [9.17, 15) is 4.79 Å². The van der Waals surface area contributed by atoms with Crippen molar-refractivity contribution in [1.29, 1.82) is 0 Å². The highest BCUT2D eigenvalue weighted by molar-refractivity contribution is 7.80. The van der Waals surface area contributed by atoms with Gasteiger partial charge in [-0.05, 0) is 65.3 Å². The quantitative estimate of drug-likeness (QED) is 0.451. The topological polar surface area (TPSA) is 50.4 Å². The summed E-state index contributed by atoms with van der Waals surface area (Å²) in [5.41, 5.74) is 1.77. The van der Waals surface area contributed by atoms with Gasteiger partial charge in [-0.2, -0.15) is 0 Å². The van der Waals surface area contributed by atoms with Crippen LogP contribution >= 0.6 is 12.2 Å². The van der Waals surface area contributed by atoms with Crippen LogP contribution in [-0.4, -0.2) is 17.6 Å². The molecular weight excluding hydrogens is 368 g/mol. The zero-order valence-electron chi connectivity index (χ0n) is 15.6. The second kappa shape index (κ2) is 9.67. The predicted octanol–water partition coefficient (Wildman–Crippen LogP) is 5.16. The highest BCUT2D eigenvalue weighted by atomic mass is 32.1. The molecule has 3 rings (SSSR count). The smallest absolute Gasteiger partial charge is 0.250 e. The maximum atomic E-state index is 12.2. The van der Waals surface area contributed by atoms with Gasteiger partial charge in [-0.3, -0.25) is 10.1 Å². The van der Waals surface area contributed by atoms with Crippen LogP contribution in [0.5, 0.6) is 5.75 Å². The summed E-state index contributed by atoms with van der Waals surface area (Å²) in [5.74, 6) is 0.522. The Labute approximate surface area is 170 Å². The number of hydrogen-bond donors (Lipinski definition) is 2. The van der Waals surface area contributed by atoms with E-state index in [0.717, 1.165) is 34.2 Å². The lowest BCUT2D eigenvalue weighted by Crippen LogP contribution is -2.32. The number of hydrogen-bond acceptors (Lipinski definition) is 3. The van der Waals surface area contributed by atoms with Gasteiger partial charge >= 0.3 is 0 Å². The fourth-order valence-corrected chi connectivity index (χ4v) is 2.95. The van der Waals surface area contributed by atoms with Crippen LogP contribution in [0, 0.1) is 0 Å². The second-order valence-corrected chi connectivity index (χ2v) is 6.63. The summed E-state index contributed by atoms with van der Waals surface area (Å²) in [7, 11) is 0. The summed E-state index contributed by atoms with van der Waals surface area (Å²) in [6, 6.07) is 21.5. The summed E-state index contributed by atoms with van der Waals surface area (Å²) >= 11 is 5.21. The van der Waals surface area contributed by atoms with Gasteiger partial charge in [0, 0.05) is 11.8 Å². The number of nitrogens with one attached hydrogen (secondary N) is 2. The Morgan fingerprint density at radius 3 is 2.57 bits per heavy atom. The molecule has 2 N–H and O–H groups in total. The molecule has 5 heteroatoms. The van der Waals surface area contributed by atoms with Gasteiger partial charge in [-0.25, -0.2) is 0 Å². The highest BCUT2D eigenvalue weighted by Gasteiger charge is 2.03. The maximum Gasteiger partial charge on any atom is 0.250 e. The first-order valence-corrected chi connectivity index (χ1v) is 9.57. The predicted molar refractivity (Wildman–Crippen MR) is 120 cm³/mol. The van der Waals surface area contributed by atoms with E-state index in [1.807, 2.05) is 66.7 Å². The Kier molecular flexibility index (Phi) is 6.76. The number of carbonyl (C=O) groups excluding carboxylic acids is 1. The number of anilines is 1. The minimum atomic E-state index is -0.284. The third-order valence-electron chi connectivity index (χ3n) is 4.06. The number of fused-ring (bicyclic) bond motifs is 1. The third kappa shape index (κ3) is 5.41. The minimum absolute atomic E-state index is 0.245. The summed E-state index contributed by atoms with van der Waals surface area (Å²) in [6.07, 6.45) is 4.24. The first kappa shape index (κ1) is 19.6. The maximum absolute atomic E-state index is 12.2. The van der Waals surface area contributed by atoms with Gasteiger partial charge in [0.05, 0.1) is 6.61 Å². The van der Waals surface area contributed by atoms with Crippen molar-refractivity contribution in [2.75, 3.05) is 11.9 Å². The van der Waals surface area contributed by atoms with E-state index >= 15 is 0 Å². The molecule has 28 heavy (non-hydrogen) atoms. The molecule has 0 aliphatic rings. The SMILES string of the molecule is CCCOc1ccc(NC(=S)NC(=O)/C=C/c2cccc3ccccc23)cc1. The van der Waals surface area contributed by atoms with Crippen molar-refractivity contribution in [1.82, 2.24) is 5.32 Å². The average molecular weight is 391 g/mol. The van der Waals surface area contributed by atoms with Gasteiger partial charge in [-0.15, -0.1) is 0 Å². The van der Waals surface area contributed by atoms with Gasteiger partial charge in [0.25, 0.3) is 0 Å². The Bertz CT molecular complexity index is 992. The zero-order valence-corrected chi connectivity index (χ0v) is 16.5. The first-order chi connectivity index (χ1) is 13.7. The monoisotopic (exact) mass is 390 g/mol. The van der Waals surface area contributed by atoms with Crippen LogP contribution in [0.2, 0.25) is 0 Å².